The molecule has 2 unspecified atom stereocenters. The number of amides is 3. The number of benzene rings is 1. The van der Waals surface area contributed by atoms with Crippen LogP contribution in [0.5, 0.6) is 5.75 Å². The highest BCUT2D eigenvalue weighted by molar-refractivity contribution is 5.82. The van der Waals surface area contributed by atoms with Crippen LogP contribution < -0.4 is 10.5 Å². The number of nitrogens with zero attached hydrogens (tertiary/aromatic N) is 3. The van der Waals surface area contributed by atoms with Gasteiger partial charge in [0.25, 0.3) is 0 Å². The Kier molecular flexibility index (Phi) is 5.46. The molecule has 2 N–H and O–H groups in total. The summed E-state index contributed by atoms with van der Waals surface area (Å²) in [5.74, 6) is -0.227. The second-order valence-electron chi connectivity index (χ2n) is 7.43. The first-order valence-electron chi connectivity index (χ1n) is 9.74. The van der Waals surface area contributed by atoms with Gasteiger partial charge in [-0.2, -0.15) is 0 Å². The van der Waals surface area contributed by atoms with Gasteiger partial charge in [-0.3, -0.25) is 9.78 Å². The zero-order valence-corrected chi connectivity index (χ0v) is 16.1. The van der Waals surface area contributed by atoms with Crippen molar-refractivity contribution >= 4 is 17.5 Å². The summed E-state index contributed by atoms with van der Waals surface area (Å²) in [7, 11) is 0. The molecule has 2 aliphatic rings. The van der Waals surface area contributed by atoms with E-state index >= 15 is 0 Å². The molecule has 3 heterocycles. The third-order valence-electron chi connectivity index (χ3n) is 5.36. The molecule has 1 saturated heterocycles. The summed E-state index contributed by atoms with van der Waals surface area (Å²) < 4.78 is 5.97. The lowest BCUT2D eigenvalue weighted by Gasteiger charge is -2.38. The molecule has 0 spiro atoms. The summed E-state index contributed by atoms with van der Waals surface area (Å²) in [6, 6.07) is 13.5. The number of pyridine rings is 1. The van der Waals surface area contributed by atoms with Crippen LogP contribution in [0, 0.1) is 5.92 Å². The Morgan fingerprint density at radius 1 is 1.07 bits per heavy atom. The van der Waals surface area contributed by atoms with Crippen molar-refractivity contribution in [2.75, 3.05) is 26.2 Å². The Morgan fingerprint density at radius 2 is 1.90 bits per heavy atom. The Hall–Kier alpha value is -3.35. The monoisotopic (exact) mass is 392 g/mol. The molecule has 7 heteroatoms. The minimum absolute atomic E-state index is 0.0992. The molecule has 7 nitrogen and oxygen atoms in total. The lowest BCUT2D eigenvalue weighted by atomic mass is 9.95. The van der Waals surface area contributed by atoms with Gasteiger partial charge in [0.1, 0.15) is 11.9 Å². The van der Waals surface area contributed by atoms with Crippen molar-refractivity contribution in [3.63, 3.8) is 0 Å². The maximum atomic E-state index is 13.1. The van der Waals surface area contributed by atoms with Crippen LogP contribution in [0.15, 0.2) is 60.9 Å². The van der Waals surface area contributed by atoms with Crippen LogP contribution in [0.25, 0.3) is 5.57 Å². The standard InChI is InChI=1S/C22H24N4O3/c23-21(27)18-11-20(29-19-7-4-9-24-12-19)15-26(14-18)22(28)25-10-8-17(13-25)16-5-2-1-3-6-16/h1-9,12,18,20H,10-11,13-15H2,(H2,23,27). The van der Waals surface area contributed by atoms with Crippen molar-refractivity contribution in [1.82, 2.24) is 14.8 Å². The van der Waals surface area contributed by atoms with Gasteiger partial charge in [0, 0.05) is 25.8 Å². The van der Waals surface area contributed by atoms with E-state index in [9.17, 15) is 9.59 Å². The van der Waals surface area contributed by atoms with E-state index in [2.05, 4.69) is 11.1 Å². The molecule has 1 aromatic carbocycles. The smallest absolute Gasteiger partial charge is 0.320 e. The SMILES string of the molecule is NC(=O)C1CC(Oc2cccnc2)CN(C(=O)N2CC=C(c3ccccc3)C2)C1. The van der Waals surface area contributed by atoms with Crippen LogP contribution >= 0.6 is 0 Å². The van der Waals surface area contributed by atoms with Gasteiger partial charge in [0.15, 0.2) is 0 Å². The van der Waals surface area contributed by atoms with E-state index in [-0.39, 0.29) is 12.1 Å². The summed E-state index contributed by atoms with van der Waals surface area (Å²) in [6.07, 6.45) is 5.55. The first-order chi connectivity index (χ1) is 14.1. The van der Waals surface area contributed by atoms with Gasteiger partial charge in [-0.15, -0.1) is 0 Å². The fourth-order valence-electron chi connectivity index (χ4n) is 3.87. The number of ether oxygens (including phenoxy) is 1. The fraction of sp³-hybridized carbons (Fsp3) is 0.318. The molecule has 0 bridgehead atoms. The summed E-state index contributed by atoms with van der Waals surface area (Å²) in [5, 5.41) is 0. The van der Waals surface area contributed by atoms with Gasteiger partial charge in [0.2, 0.25) is 5.91 Å². The molecular weight excluding hydrogens is 368 g/mol. The number of carbonyl (C=O) groups excluding carboxylic acids is 2. The number of piperidine rings is 1. The Balaban J connectivity index is 1.43. The summed E-state index contributed by atoms with van der Waals surface area (Å²) in [6.45, 7) is 1.83. The van der Waals surface area contributed by atoms with Crippen molar-refractivity contribution in [2.24, 2.45) is 11.7 Å². The number of hydrogen-bond acceptors (Lipinski definition) is 4. The molecule has 150 valence electrons. The molecule has 0 saturated carbocycles. The lowest BCUT2D eigenvalue weighted by Crippen LogP contribution is -2.54. The summed E-state index contributed by atoms with van der Waals surface area (Å²) in [5.41, 5.74) is 7.82. The third kappa shape index (κ3) is 4.39. The molecule has 2 atom stereocenters. The zero-order valence-electron chi connectivity index (χ0n) is 16.1. The highest BCUT2D eigenvalue weighted by Gasteiger charge is 2.36. The Bertz CT molecular complexity index is 901. The van der Waals surface area contributed by atoms with Crippen LogP contribution in [-0.4, -0.2) is 59.0 Å². The average molecular weight is 392 g/mol. The van der Waals surface area contributed by atoms with Gasteiger partial charge >= 0.3 is 6.03 Å². The highest BCUT2D eigenvalue weighted by atomic mass is 16.5. The van der Waals surface area contributed by atoms with Crippen molar-refractivity contribution < 1.29 is 14.3 Å². The van der Waals surface area contributed by atoms with Crippen LogP contribution in [0.3, 0.4) is 0 Å². The van der Waals surface area contributed by atoms with E-state index in [0.717, 1.165) is 11.1 Å². The maximum Gasteiger partial charge on any atom is 0.320 e. The summed E-state index contributed by atoms with van der Waals surface area (Å²) in [4.78, 5) is 32.5. The van der Waals surface area contributed by atoms with Crippen LogP contribution in [0.1, 0.15) is 12.0 Å². The Labute approximate surface area is 169 Å². The van der Waals surface area contributed by atoms with Crippen LogP contribution in [0.2, 0.25) is 0 Å². The molecule has 2 aromatic rings. The van der Waals surface area contributed by atoms with Crippen LogP contribution in [0.4, 0.5) is 4.79 Å². The Morgan fingerprint density at radius 3 is 2.62 bits per heavy atom. The number of hydrogen-bond donors (Lipinski definition) is 1. The molecule has 4 rings (SSSR count). The second kappa shape index (κ2) is 8.34. The average Bonchev–Trinajstić information content (AvgIpc) is 3.24. The van der Waals surface area contributed by atoms with E-state index < -0.39 is 11.8 Å². The van der Waals surface area contributed by atoms with Gasteiger partial charge in [0.05, 0.1) is 18.7 Å². The third-order valence-corrected chi connectivity index (χ3v) is 5.36. The maximum absolute atomic E-state index is 13.1. The van der Waals surface area contributed by atoms with Crippen LogP contribution in [-0.2, 0) is 4.79 Å². The van der Waals surface area contributed by atoms with E-state index in [0.29, 0.717) is 38.3 Å². The predicted octanol–water partition coefficient (Wildman–Crippen LogP) is 2.16. The minimum Gasteiger partial charge on any atom is -0.487 e. The number of carbonyl (C=O) groups is 2. The number of rotatable bonds is 4. The number of aromatic nitrogens is 1. The van der Waals surface area contributed by atoms with Crippen molar-refractivity contribution in [3.05, 3.63) is 66.5 Å². The molecular formula is C22H24N4O3. The summed E-state index contributed by atoms with van der Waals surface area (Å²) >= 11 is 0. The van der Waals surface area contributed by atoms with Gasteiger partial charge in [-0.05, 0) is 29.7 Å². The fourth-order valence-corrected chi connectivity index (χ4v) is 3.87. The van der Waals surface area contributed by atoms with E-state index in [4.69, 9.17) is 10.5 Å². The molecule has 1 aromatic heterocycles. The molecule has 2 aliphatic heterocycles. The number of nitrogens with two attached hydrogens (primary N) is 1. The number of likely N-dealkylation sites (tertiary alicyclic amines) is 1. The molecule has 0 radical (unpaired) electrons. The van der Waals surface area contributed by atoms with Gasteiger partial charge in [-0.1, -0.05) is 36.4 Å². The molecule has 0 aliphatic carbocycles. The molecule has 1 fully saturated rings. The van der Waals surface area contributed by atoms with Crippen molar-refractivity contribution in [1.29, 1.82) is 0 Å². The van der Waals surface area contributed by atoms with E-state index in [1.807, 2.05) is 36.4 Å². The van der Waals surface area contributed by atoms with E-state index in [1.54, 1.807) is 28.3 Å². The van der Waals surface area contributed by atoms with E-state index in [1.165, 1.54) is 0 Å². The quantitative estimate of drug-likeness (QED) is 0.864. The highest BCUT2D eigenvalue weighted by Crippen LogP contribution is 2.25. The minimum atomic E-state index is -0.432. The number of primary amides is 1. The molecule has 3 amide bonds. The van der Waals surface area contributed by atoms with Crippen molar-refractivity contribution in [2.45, 2.75) is 12.5 Å². The van der Waals surface area contributed by atoms with Gasteiger partial charge < -0.3 is 20.3 Å². The predicted molar refractivity (Wildman–Crippen MR) is 109 cm³/mol. The topological polar surface area (TPSA) is 88.8 Å². The van der Waals surface area contributed by atoms with Gasteiger partial charge in [-0.25, -0.2) is 4.79 Å². The lowest BCUT2D eigenvalue weighted by molar-refractivity contribution is -0.124. The molecule has 29 heavy (non-hydrogen) atoms. The first kappa shape index (κ1) is 19.0. The number of urea groups is 1. The largest absolute Gasteiger partial charge is 0.487 e. The normalized spacial score (nSPS) is 21.6. The second-order valence-corrected chi connectivity index (χ2v) is 7.43. The first-order valence-corrected chi connectivity index (χ1v) is 9.74. The van der Waals surface area contributed by atoms with Crippen molar-refractivity contribution in [3.8, 4) is 5.75 Å². The zero-order chi connectivity index (χ0) is 20.2.